The molecule has 0 heterocycles. The van der Waals surface area contributed by atoms with Crippen LogP contribution in [0.1, 0.15) is 48.2 Å². The lowest BCUT2D eigenvalue weighted by Gasteiger charge is -2.15. The van der Waals surface area contributed by atoms with Crippen molar-refractivity contribution in [2.24, 2.45) is 5.92 Å². The third kappa shape index (κ3) is 6.68. The Balaban J connectivity index is 1.92. The van der Waals surface area contributed by atoms with Crippen molar-refractivity contribution in [1.29, 1.82) is 0 Å². The van der Waals surface area contributed by atoms with Gasteiger partial charge in [0.2, 0.25) is 5.91 Å². The van der Waals surface area contributed by atoms with Gasteiger partial charge in [-0.2, -0.15) is 0 Å². The van der Waals surface area contributed by atoms with Crippen LogP contribution in [0.4, 0.5) is 5.69 Å². The van der Waals surface area contributed by atoms with E-state index in [0.717, 1.165) is 12.0 Å². The predicted octanol–water partition coefficient (Wildman–Crippen LogP) is 4.20. The van der Waals surface area contributed by atoms with E-state index in [1.54, 1.807) is 38.4 Å². The Kier molecular flexibility index (Phi) is 7.91. The normalized spacial score (nSPS) is 11.7. The van der Waals surface area contributed by atoms with E-state index in [1.165, 1.54) is 10.5 Å². The van der Waals surface area contributed by atoms with Gasteiger partial charge in [0.05, 0.1) is 5.92 Å². The summed E-state index contributed by atoms with van der Waals surface area (Å²) in [5.74, 6) is 0.0437. The largest absolute Gasteiger partial charge is 0.345 e. The zero-order valence-electron chi connectivity index (χ0n) is 17.7. The lowest BCUT2D eigenvalue weighted by atomic mass is 9.96. The molecule has 0 aliphatic heterocycles. The van der Waals surface area contributed by atoms with Crippen molar-refractivity contribution in [1.82, 2.24) is 10.2 Å². The van der Waals surface area contributed by atoms with E-state index in [-0.39, 0.29) is 22.8 Å². The van der Waals surface area contributed by atoms with Crippen molar-refractivity contribution in [3.63, 3.8) is 0 Å². The summed E-state index contributed by atoms with van der Waals surface area (Å²) >= 11 is 5.26. The predicted molar refractivity (Wildman–Crippen MR) is 122 cm³/mol. The lowest BCUT2D eigenvalue weighted by Crippen LogP contribution is -2.36. The Morgan fingerprint density at radius 2 is 1.55 bits per heavy atom. The van der Waals surface area contributed by atoms with Crippen LogP contribution in [0.15, 0.2) is 48.5 Å². The van der Waals surface area contributed by atoms with Crippen molar-refractivity contribution in [2.45, 2.75) is 33.1 Å². The minimum atomic E-state index is -0.317. The number of nitrogens with zero attached hydrogens (tertiary/aromatic N) is 1. The molecule has 0 radical (unpaired) electrons. The zero-order chi connectivity index (χ0) is 21.6. The average Bonchev–Trinajstić information content (AvgIpc) is 2.67. The molecular weight excluding hydrogens is 382 g/mol. The molecule has 2 amide bonds. The van der Waals surface area contributed by atoms with Gasteiger partial charge in [-0.1, -0.05) is 38.1 Å². The van der Waals surface area contributed by atoms with Crippen LogP contribution in [-0.4, -0.2) is 35.9 Å². The molecule has 0 bridgehead atoms. The highest BCUT2D eigenvalue weighted by molar-refractivity contribution is 7.80. The van der Waals surface area contributed by atoms with Gasteiger partial charge in [0.25, 0.3) is 5.91 Å². The summed E-state index contributed by atoms with van der Waals surface area (Å²) < 4.78 is 0. The molecule has 0 saturated heterocycles. The maximum absolute atomic E-state index is 12.5. The van der Waals surface area contributed by atoms with Gasteiger partial charge in [-0.25, -0.2) is 0 Å². The van der Waals surface area contributed by atoms with E-state index in [0.29, 0.717) is 17.2 Å². The summed E-state index contributed by atoms with van der Waals surface area (Å²) in [6.07, 6.45) is 1.02. The van der Waals surface area contributed by atoms with Crippen LogP contribution in [0.3, 0.4) is 0 Å². The fraction of sp³-hybridized carbons (Fsp3) is 0.348. The zero-order valence-corrected chi connectivity index (χ0v) is 18.5. The molecule has 29 heavy (non-hydrogen) atoms. The lowest BCUT2D eigenvalue weighted by molar-refractivity contribution is -0.120. The SMILES string of the molecule is CC(C)Cc1ccc(C(C)C(=O)NC(=S)Nc2ccc(C(=O)N(C)C)cc2)cc1. The minimum absolute atomic E-state index is 0.0688. The second-order valence-corrected chi connectivity index (χ2v) is 8.19. The summed E-state index contributed by atoms with van der Waals surface area (Å²) in [7, 11) is 3.41. The molecule has 5 nitrogen and oxygen atoms in total. The molecule has 2 aromatic carbocycles. The number of benzene rings is 2. The summed E-state index contributed by atoms with van der Waals surface area (Å²) in [5.41, 5.74) is 3.51. The smallest absolute Gasteiger partial charge is 0.253 e. The van der Waals surface area contributed by atoms with Crippen molar-refractivity contribution in [3.05, 3.63) is 65.2 Å². The number of carbonyl (C=O) groups is 2. The van der Waals surface area contributed by atoms with Crippen molar-refractivity contribution >= 4 is 34.8 Å². The maximum atomic E-state index is 12.5. The molecule has 0 aliphatic rings. The van der Waals surface area contributed by atoms with Gasteiger partial charge in [0, 0.05) is 25.3 Å². The van der Waals surface area contributed by atoms with Gasteiger partial charge in [0.15, 0.2) is 5.11 Å². The van der Waals surface area contributed by atoms with Gasteiger partial charge in [-0.3, -0.25) is 9.59 Å². The number of hydrogen-bond donors (Lipinski definition) is 2. The summed E-state index contributed by atoms with van der Waals surface area (Å²) in [4.78, 5) is 26.0. The molecule has 2 rings (SSSR count). The molecule has 2 N–H and O–H groups in total. The van der Waals surface area contributed by atoms with Crippen LogP contribution >= 0.6 is 12.2 Å². The molecule has 0 spiro atoms. The highest BCUT2D eigenvalue weighted by atomic mass is 32.1. The van der Waals surface area contributed by atoms with Crippen molar-refractivity contribution in [3.8, 4) is 0 Å². The monoisotopic (exact) mass is 411 g/mol. The number of thiocarbonyl (C=S) groups is 1. The molecular formula is C23H29N3O2S. The number of hydrogen-bond acceptors (Lipinski definition) is 3. The Hall–Kier alpha value is -2.73. The molecule has 1 unspecified atom stereocenters. The fourth-order valence-corrected chi connectivity index (χ4v) is 3.12. The van der Waals surface area contributed by atoms with E-state index in [2.05, 4.69) is 36.6 Å². The molecule has 154 valence electrons. The summed E-state index contributed by atoms with van der Waals surface area (Å²) in [6, 6.07) is 15.1. The number of anilines is 1. The summed E-state index contributed by atoms with van der Waals surface area (Å²) in [5, 5.41) is 5.94. The molecule has 0 fully saturated rings. The van der Waals surface area contributed by atoms with Crippen LogP contribution in [0.5, 0.6) is 0 Å². The fourth-order valence-electron chi connectivity index (χ4n) is 2.90. The van der Waals surface area contributed by atoms with E-state index in [9.17, 15) is 9.59 Å². The molecule has 2 aromatic rings. The topological polar surface area (TPSA) is 61.4 Å². The van der Waals surface area contributed by atoms with Gasteiger partial charge in [-0.15, -0.1) is 0 Å². The molecule has 0 aromatic heterocycles. The number of nitrogens with one attached hydrogen (secondary N) is 2. The van der Waals surface area contributed by atoms with Crippen LogP contribution < -0.4 is 10.6 Å². The molecule has 6 heteroatoms. The molecule has 1 atom stereocenters. The Bertz CT molecular complexity index is 859. The Labute approximate surface area is 178 Å². The van der Waals surface area contributed by atoms with Crippen molar-refractivity contribution in [2.75, 3.05) is 19.4 Å². The van der Waals surface area contributed by atoms with E-state index < -0.39 is 0 Å². The van der Waals surface area contributed by atoms with Crippen LogP contribution in [0.25, 0.3) is 0 Å². The van der Waals surface area contributed by atoms with Crippen LogP contribution in [-0.2, 0) is 11.2 Å². The third-order valence-corrected chi connectivity index (χ3v) is 4.75. The first-order valence-corrected chi connectivity index (χ1v) is 10.1. The van der Waals surface area contributed by atoms with Crippen LogP contribution in [0, 0.1) is 5.92 Å². The minimum Gasteiger partial charge on any atom is -0.345 e. The first-order valence-electron chi connectivity index (χ1n) is 9.69. The van der Waals surface area contributed by atoms with Gasteiger partial charge >= 0.3 is 0 Å². The Morgan fingerprint density at radius 3 is 2.07 bits per heavy atom. The molecule has 0 aliphatic carbocycles. The maximum Gasteiger partial charge on any atom is 0.253 e. The van der Waals surface area contributed by atoms with Crippen molar-refractivity contribution < 1.29 is 9.59 Å². The van der Waals surface area contributed by atoms with E-state index in [4.69, 9.17) is 12.2 Å². The van der Waals surface area contributed by atoms with E-state index in [1.807, 2.05) is 19.1 Å². The second-order valence-electron chi connectivity index (χ2n) is 7.78. The van der Waals surface area contributed by atoms with Gasteiger partial charge < -0.3 is 15.5 Å². The summed E-state index contributed by atoms with van der Waals surface area (Å²) in [6.45, 7) is 6.23. The number of rotatable bonds is 6. The third-order valence-electron chi connectivity index (χ3n) is 4.55. The van der Waals surface area contributed by atoms with E-state index >= 15 is 0 Å². The standard InChI is InChI=1S/C23H29N3O2S/c1-15(2)14-17-6-8-18(9-7-17)16(3)21(27)25-23(29)24-20-12-10-19(11-13-20)22(28)26(4)5/h6-13,15-16H,14H2,1-5H3,(H2,24,25,27,29). The molecule has 0 saturated carbocycles. The Morgan fingerprint density at radius 1 is 0.966 bits per heavy atom. The highest BCUT2D eigenvalue weighted by Gasteiger charge is 2.16. The highest BCUT2D eigenvalue weighted by Crippen LogP contribution is 2.18. The second kappa shape index (κ2) is 10.2. The van der Waals surface area contributed by atoms with Gasteiger partial charge in [-0.05, 0) is 66.9 Å². The number of carbonyl (C=O) groups excluding carboxylic acids is 2. The van der Waals surface area contributed by atoms with Crippen LogP contribution in [0.2, 0.25) is 0 Å². The first-order chi connectivity index (χ1) is 13.7. The first kappa shape index (κ1) is 22.6. The quantitative estimate of drug-likeness (QED) is 0.699. The number of amides is 2. The van der Waals surface area contributed by atoms with Gasteiger partial charge in [0.1, 0.15) is 0 Å². The average molecular weight is 412 g/mol.